The lowest BCUT2D eigenvalue weighted by Crippen LogP contribution is -2.64. The topological polar surface area (TPSA) is 36.4 Å². The summed E-state index contributed by atoms with van der Waals surface area (Å²) in [4.78, 5) is 22.3. The van der Waals surface area contributed by atoms with Gasteiger partial charge in [0.1, 0.15) is 5.69 Å². The summed E-state index contributed by atoms with van der Waals surface area (Å²) in [5.74, 6) is 1.28. The van der Waals surface area contributed by atoms with E-state index in [1.165, 1.54) is 37.8 Å². The Morgan fingerprint density at radius 1 is 1.00 bits per heavy atom. The van der Waals surface area contributed by atoms with Gasteiger partial charge >= 0.3 is 0 Å². The van der Waals surface area contributed by atoms with Crippen molar-refractivity contribution in [2.45, 2.75) is 44.2 Å². The molecule has 4 heteroatoms. The Morgan fingerprint density at radius 3 is 2.64 bits per heavy atom. The lowest BCUT2D eigenvalue weighted by atomic mass is 9.71. The Morgan fingerprint density at radius 2 is 1.82 bits per heavy atom. The highest BCUT2D eigenvalue weighted by Crippen LogP contribution is 2.42. The number of carbonyl (C=O) groups excluding carboxylic acids is 1. The minimum absolute atomic E-state index is 0.109. The normalized spacial score (nSPS) is 29.9. The molecular weight excluding hydrogens is 346 g/mol. The second-order valence-electron chi connectivity index (χ2n) is 8.74. The summed E-state index contributed by atoms with van der Waals surface area (Å²) in [6, 6.07) is 17.7. The van der Waals surface area contributed by atoms with Crippen LogP contribution in [0.2, 0.25) is 0 Å². The first-order valence-electron chi connectivity index (χ1n) is 10.8. The van der Waals surface area contributed by atoms with Gasteiger partial charge in [-0.2, -0.15) is 0 Å². The van der Waals surface area contributed by atoms with Crippen LogP contribution < -0.4 is 0 Å². The number of fused-ring (bicyclic) bond motifs is 4. The van der Waals surface area contributed by atoms with Gasteiger partial charge in [-0.3, -0.25) is 14.7 Å². The zero-order valence-electron chi connectivity index (χ0n) is 16.4. The van der Waals surface area contributed by atoms with Crippen LogP contribution in [-0.2, 0) is 6.42 Å². The number of carbonyl (C=O) groups is 1. The zero-order valence-corrected chi connectivity index (χ0v) is 16.4. The number of amides is 1. The molecule has 4 atom stereocenters. The van der Waals surface area contributed by atoms with Crippen molar-refractivity contribution >= 4 is 5.91 Å². The number of nitrogens with zero attached hydrogens (tertiary/aromatic N) is 3. The van der Waals surface area contributed by atoms with Crippen molar-refractivity contribution in [1.29, 1.82) is 0 Å². The lowest BCUT2D eigenvalue weighted by Gasteiger charge is -2.57. The molecule has 5 rings (SSSR count). The average molecular weight is 376 g/mol. The summed E-state index contributed by atoms with van der Waals surface area (Å²) in [6.07, 6.45) is 8.02. The molecule has 1 aromatic heterocycles. The standard InChI is InChI=1S/C24H29N3O/c28-24(21-10-4-6-12-25-21)26-16-19-15-20(17-26)23(14-18-8-2-1-3-9-18)27-13-7-5-11-22(19)27/h1-4,6,8-10,12,19-20,22-23H,5,7,11,13-17H2/t19-,20+,22+,23+/m1/s1. The van der Waals surface area contributed by atoms with Gasteiger partial charge in [0, 0.05) is 31.4 Å². The van der Waals surface area contributed by atoms with E-state index in [2.05, 4.69) is 45.1 Å². The van der Waals surface area contributed by atoms with Crippen molar-refractivity contribution in [3.63, 3.8) is 0 Å². The van der Waals surface area contributed by atoms with Gasteiger partial charge in [-0.05, 0) is 61.8 Å². The third kappa shape index (κ3) is 3.35. The third-order valence-electron chi connectivity index (χ3n) is 7.08. The minimum Gasteiger partial charge on any atom is -0.337 e. The van der Waals surface area contributed by atoms with Gasteiger partial charge in [-0.25, -0.2) is 0 Å². The molecule has 0 unspecified atom stereocenters. The molecule has 0 saturated carbocycles. The van der Waals surface area contributed by atoms with E-state index < -0.39 is 0 Å². The van der Waals surface area contributed by atoms with Crippen LogP contribution in [0.1, 0.15) is 41.7 Å². The molecule has 3 saturated heterocycles. The van der Waals surface area contributed by atoms with Crippen molar-refractivity contribution in [2.24, 2.45) is 11.8 Å². The van der Waals surface area contributed by atoms with E-state index in [0.717, 1.165) is 19.5 Å². The van der Waals surface area contributed by atoms with E-state index in [1.807, 2.05) is 18.2 Å². The van der Waals surface area contributed by atoms with Gasteiger partial charge in [0.2, 0.25) is 0 Å². The molecule has 146 valence electrons. The van der Waals surface area contributed by atoms with Crippen LogP contribution in [0.4, 0.5) is 0 Å². The number of aromatic nitrogens is 1. The van der Waals surface area contributed by atoms with Gasteiger partial charge in [0.15, 0.2) is 0 Å². The van der Waals surface area contributed by atoms with E-state index in [9.17, 15) is 4.79 Å². The van der Waals surface area contributed by atoms with E-state index in [0.29, 0.717) is 29.6 Å². The highest BCUT2D eigenvalue weighted by atomic mass is 16.2. The van der Waals surface area contributed by atoms with Gasteiger partial charge in [-0.15, -0.1) is 0 Å². The monoisotopic (exact) mass is 375 g/mol. The number of hydrogen-bond acceptors (Lipinski definition) is 3. The number of piperidine rings is 3. The quantitative estimate of drug-likeness (QED) is 0.822. The van der Waals surface area contributed by atoms with E-state index >= 15 is 0 Å². The summed E-state index contributed by atoms with van der Waals surface area (Å²) < 4.78 is 0. The lowest BCUT2D eigenvalue weighted by molar-refractivity contribution is -0.0643. The maximum absolute atomic E-state index is 13.1. The van der Waals surface area contributed by atoms with Gasteiger partial charge in [0.25, 0.3) is 5.91 Å². The molecule has 0 aliphatic carbocycles. The molecule has 3 aliphatic rings. The zero-order chi connectivity index (χ0) is 18.9. The molecular formula is C24H29N3O. The van der Waals surface area contributed by atoms with Gasteiger partial charge in [0.05, 0.1) is 0 Å². The largest absolute Gasteiger partial charge is 0.337 e. The first-order chi connectivity index (χ1) is 13.8. The smallest absolute Gasteiger partial charge is 0.272 e. The van der Waals surface area contributed by atoms with Crippen molar-refractivity contribution in [3.8, 4) is 0 Å². The van der Waals surface area contributed by atoms with Crippen molar-refractivity contribution < 1.29 is 4.79 Å². The highest BCUT2D eigenvalue weighted by Gasteiger charge is 2.47. The second-order valence-corrected chi connectivity index (χ2v) is 8.74. The number of rotatable bonds is 3. The molecule has 4 nitrogen and oxygen atoms in total. The molecule has 4 heterocycles. The molecule has 1 aromatic carbocycles. The van der Waals surface area contributed by atoms with Crippen LogP contribution in [0, 0.1) is 11.8 Å². The summed E-state index contributed by atoms with van der Waals surface area (Å²) in [5.41, 5.74) is 2.01. The fourth-order valence-electron chi connectivity index (χ4n) is 5.86. The van der Waals surface area contributed by atoms with Crippen molar-refractivity contribution in [1.82, 2.24) is 14.8 Å². The highest BCUT2D eigenvalue weighted by molar-refractivity contribution is 5.92. The Bertz CT molecular complexity index is 809. The Hall–Kier alpha value is -2.20. The molecule has 0 radical (unpaired) electrons. The third-order valence-corrected chi connectivity index (χ3v) is 7.08. The first-order valence-corrected chi connectivity index (χ1v) is 10.8. The summed E-state index contributed by atoms with van der Waals surface area (Å²) in [6.45, 7) is 2.99. The predicted molar refractivity (Wildman–Crippen MR) is 110 cm³/mol. The number of hydrogen-bond donors (Lipinski definition) is 0. The maximum atomic E-state index is 13.1. The molecule has 3 aliphatic heterocycles. The van der Waals surface area contributed by atoms with Crippen molar-refractivity contribution in [3.05, 3.63) is 66.0 Å². The molecule has 2 aromatic rings. The SMILES string of the molecule is O=C(c1ccccn1)N1C[C@H]2C[C@@H](C1)[C@H](Cc1ccccc1)N1CCCC[C@@H]21. The van der Waals surface area contributed by atoms with Crippen LogP contribution >= 0.6 is 0 Å². The Kier molecular flexibility index (Phi) is 4.89. The fourth-order valence-corrected chi connectivity index (χ4v) is 5.86. The van der Waals surface area contributed by atoms with E-state index in [1.54, 1.807) is 6.20 Å². The van der Waals surface area contributed by atoms with E-state index in [-0.39, 0.29) is 5.91 Å². The molecule has 0 spiro atoms. The first kappa shape index (κ1) is 17.9. The Balaban J connectivity index is 1.41. The minimum atomic E-state index is 0.109. The average Bonchev–Trinajstić information content (AvgIpc) is 2.77. The number of pyridine rings is 1. The molecule has 2 bridgehead atoms. The summed E-state index contributed by atoms with van der Waals surface area (Å²) in [7, 11) is 0. The van der Waals surface area contributed by atoms with Crippen LogP contribution in [-0.4, -0.2) is 52.4 Å². The van der Waals surface area contributed by atoms with Gasteiger partial charge < -0.3 is 4.90 Å². The molecule has 3 fully saturated rings. The predicted octanol–water partition coefficient (Wildman–Crippen LogP) is 3.64. The van der Waals surface area contributed by atoms with Crippen LogP contribution in [0.5, 0.6) is 0 Å². The molecule has 0 N–H and O–H groups in total. The fraction of sp³-hybridized carbons (Fsp3) is 0.500. The molecule has 28 heavy (non-hydrogen) atoms. The summed E-state index contributed by atoms with van der Waals surface area (Å²) in [5, 5.41) is 0. The number of benzene rings is 1. The van der Waals surface area contributed by atoms with Crippen LogP contribution in [0.3, 0.4) is 0 Å². The molecule has 1 amide bonds. The van der Waals surface area contributed by atoms with Crippen LogP contribution in [0.15, 0.2) is 54.7 Å². The second kappa shape index (κ2) is 7.67. The Labute approximate surface area is 167 Å². The van der Waals surface area contributed by atoms with Crippen molar-refractivity contribution in [2.75, 3.05) is 19.6 Å². The maximum Gasteiger partial charge on any atom is 0.272 e. The number of likely N-dealkylation sites (tertiary alicyclic amines) is 1. The van der Waals surface area contributed by atoms with Gasteiger partial charge in [-0.1, -0.05) is 42.8 Å². The van der Waals surface area contributed by atoms with Crippen LogP contribution in [0.25, 0.3) is 0 Å². The van der Waals surface area contributed by atoms with E-state index in [4.69, 9.17) is 0 Å². The summed E-state index contributed by atoms with van der Waals surface area (Å²) >= 11 is 0.